The zero-order valence-corrected chi connectivity index (χ0v) is 10.3. The molecule has 0 atom stereocenters. The molecule has 0 saturated heterocycles. The van der Waals surface area contributed by atoms with Gasteiger partial charge in [0.05, 0.1) is 0 Å². The molecule has 1 heteroatoms. The minimum Gasteiger partial charge on any atom is -0.295 e. The summed E-state index contributed by atoms with van der Waals surface area (Å²) in [5.74, 6) is 0.286. The van der Waals surface area contributed by atoms with Gasteiger partial charge in [0.15, 0.2) is 5.78 Å². The van der Waals surface area contributed by atoms with E-state index in [0.29, 0.717) is 6.42 Å². The van der Waals surface area contributed by atoms with E-state index in [1.54, 1.807) is 6.08 Å². The Hall–Kier alpha value is -0.590. The summed E-state index contributed by atoms with van der Waals surface area (Å²) in [6, 6.07) is 0. The topological polar surface area (TPSA) is 17.1 Å². The van der Waals surface area contributed by atoms with E-state index in [1.165, 1.54) is 18.4 Å². The van der Waals surface area contributed by atoms with Crippen molar-refractivity contribution in [3.63, 3.8) is 0 Å². The van der Waals surface area contributed by atoms with Crippen LogP contribution >= 0.6 is 0 Å². The number of carbonyl (C=O) groups is 1. The van der Waals surface area contributed by atoms with Gasteiger partial charge in [-0.2, -0.15) is 0 Å². The number of hydrogen-bond acceptors (Lipinski definition) is 1. The normalized spacial score (nSPS) is 19.5. The van der Waals surface area contributed by atoms with Crippen molar-refractivity contribution >= 4 is 5.78 Å². The third-order valence-corrected chi connectivity index (χ3v) is 2.32. The molecule has 14 heavy (non-hydrogen) atoms. The molecule has 0 N–H and O–H groups in total. The molecule has 0 aromatic heterocycles. The first-order chi connectivity index (χ1) is 6.41. The van der Waals surface area contributed by atoms with Gasteiger partial charge in [0.25, 0.3) is 0 Å². The van der Waals surface area contributed by atoms with Gasteiger partial charge in [-0.1, -0.05) is 46.1 Å². The molecule has 0 aliphatic heterocycles. The zero-order chi connectivity index (χ0) is 11.2. The van der Waals surface area contributed by atoms with Crippen LogP contribution in [0.15, 0.2) is 11.6 Å². The molecular formula is C13H24O. The summed E-state index contributed by atoms with van der Waals surface area (Å²) in [6.45, 7) is 10.7. The van der Waals surface area contributed by atoms with Crippen LogP contribution in [0.5, 0.6) is 0 Å². The lowest BCUT2D eigenvalue weighted by molar-refractivity contribution is -0.117. The second-order valence-corrected chi connectivity index (χ2v) is 4.97. The number of hydrogen-bond donors (Lipinski definition) is 0. The van der Waals surface area contributed by atoms with E-state index in [1.807, 2.05) is 6.92 Å². The first kappa shape index (κ1) is 13.4. The molecule has 0 saturated carbocycles. The Balaban J connectivity index is 0.000000364. The van der Waals surface area contributed by atoms with Gasteiger partial charge in [-0.25, -0.2) is 0 Å². The third kappa shape index (κ3) is 5.95. The summed E-state index contributed by atoms with van der Waals surface area (Å²) in [5, 5.41) is 0. The molecule has 82 valence electrons. The van der Waals surface area contributed by atoms with Crippen molar-refractivity contribution in [3.05, 3.63) is 11.6 Å². The summed E-state index contributed by atoms with van der Waals surface area (Å²) < 4.78 is 0. The van der Waals surface area contributed by atoms with Gasteiger partial charge in [0, 0.05) is 6.42 Å². The summed E-state index contributed by atoms with van der Waals surface area (Å²) >= 11 is 0. The number of carbonyl (C=O) groups excluding carboxylic acids is 1. The molecule has 0 bridgehead atoms. The Morgan fingerprint density at radius 1 is 1.21 bits per heavy atom. The van der Waals surface area contributed by atoms with Crippen LogP contribution in [0.1, 0.15) is 60.3 Å². The summed E-state index contributed by atoms with van der Waals surface area (Å²) in [5.41, 5.74) is 1.43. The van der Waals surface area contributed by atoms with E-state index >= 15 is 0 Å². The Morgan fingerprint density at radius 3 is 2.00 bits per heavy atom. The fourth-order valence-electron chi connectivity index (χ4n) is 1.67. The van der Waals surface area contributed by atoms with Crippen molar-refractivity contribution in [1.29, 1.82) is 0 Å². The monoisotopic (exact) mass is 196 g/mol. The maximum Gasteiger partial charge on any atom is 0.156 e. The number of rotatable bonds is 1. The molecule has 1 nitrogen and oxygen atoms in total. The Kier molecular flexibility index (Phi) is 5.75. The van der Waals surface area contributed by atoms with E-state index in [0.717, 1.165) is 6.42 Å². The molecule has 0 amide bonds. The van der Waals surface area contributed by atoms with Crippen molar-refractivity contribution < 1.29 is 4.79 Å². The molecule has 1 aliphatic carbocycles. The van der Waals surface area contributed by atoms with Crippen LogP contribution in [0.4, 0.5) is 0 Å². The third-order valence-electron chi connectivity index (χ3n) is 2.32. The van der Waals surface area contributed by atoms with Crippen molar-refractivity contribution in [2.45, 2.75) is 60.3 Å². The van der Waals surface area contributed by atoms with Crippen LogP contribution in [0.2, 0.25) is 0 Å². The summed E-state index contributed by atoms with van der Waals surface area (Å²) in [6.07, 6.45) is 6.19. The lowest BCUT2D eigenvalue weighted by Gasteiger charge is -2.27. The minimum absolute atomic E-state index is 0.204. The predicted molar refractivity (Wildman–Crippen MR) is 62.4 cm³/mol. The van der Waals surface area contributed by atoms with E-state index in [-0.39, 0.29) is 11.2 Å². The van der Waals surface area contributed by atoms with Crippen LogP contribution < -0.4 is 0 Å². The average Bonchev–Trinajstić information content (AvgIpc) is 2.00. The molecule has 1 rings (SSSR count). The first-order valence-electron chi connectivity index (χ1n) is 5.61. The van der Waals surface area contributed by atoms with Gasteiger partial charge < -0.3 is 0 Å². The first-order valence-corrected chi connectivity index (χ1v) is 5.61. The highest BCUT2D eigenvalue weighted by molar-refractivity contribution is 5.91. The lowest BCUT2D eigenvalue weighted by Crippen LogP contribution is -2.20. The SMILES string of the molecule is CC1=CC(=O)CC(C)(C)C1.CCCC. The highest BCUT2D eigenvalue weighted by atomic mass is 16.1. The molecule has 0 radical (unpaired) electrons. The quantitative estimate of drug-likeness (QED) is 0.616. The van der Waals surface area contributed by atoms with Gasteiger partial charge in [-0.15, -0.1) is 0 Å². The van der Waals surface area contributed by atoms with Crippen molar-refractivity contribution in [2.24, 2.45) is 5.41 Å². The van der Waals surface area contributed by atoms with Crippen LogP contribution in [-0.2, 0) is 4.79 Å². The van der Waals surface area contributed by atoms with Crippen molar-refractivity contribution in [3.8, 4) is 0 Å². The molecular weight excluding hydrogens is 172 g/mol. The van der Waals surface area contributed by atoms with Gasteiger partial charge in [-0.3, -0.25) is 4.79 Å². The molecule has 0 fully saturated rings. The van der Waals surface area contributed by atoms with Crippen molar-refractivity contribution in [1.82, 2.24) is 0 Å². The van der Waals surface area contributed by atoms with Crippen molar-refractivity contribution in [2.75, 3.05) is 0 Å². The number of ketones is 1. The predicted octanol–water partition coefficient (Wildman–Crippen LogP) is 4.13. The van der Waals surface area contributed by atoms with E-state index in [2.05, 4.69) is 27.7 Å². The highest BCUT2D eigenvalue weighted by Gasteiger charge is 2.25. The van der Waals surface area contributed by atoms with E-state index in [9.17, 15) is 4.79 Å². The van der Waals surface area contributed by atoms with E-state index < -0.39 is 0 Å². The maximum absolute atomic E-state index is 11.0. The molecule has 0 aromatic rings. The second-order valence-electron chi connectivity index (χ2n) is 4.97. The van der Waals surface area contributed by atoms with Gasteiger partial charge in [-0.05, 0) is 24.8 Å². The molecule has 0 unspecified atom stereocenters. The highest BCUT2D eigenvalue weighted by Crippen LogP contribution is 2.32. The average molecular weight is 196 g/mol. The van der Waals surface area contributed by atoms with Crippen LogP contribution in [0.25, 0.3) is 0 Å². The Bertz CT molecular complexity index is 209. The molecule has 0 aromatic carbocycles. The standard InChI is InChI=1S/C9H14O.C4H10/c1-7-4-8(10)6-9(2,3)5-7;1-3-4-2/h4H,5-6H2,1-3H3;3-4H2,1-2H3. The molecule has 0 heterocycles. The molecule has 0 spiro atoms. The van der Waals surface area contributed by atoms with Crippen LogP contribution in [-0.4, -0.2) is 5.78 Å². The fraction of sp³-hybridized carbons (Fsp3) is 0.769. The summed E-state index contributed by atoms with van der Waals surface area (Å²) in [4.78, 5) is 11.0. The lowest BCUT2D eigenvalue weighted by atomic mass is 9.77. The second kappa shape index (κ2) is 6.00. The van der Waals surface area contributed by atoms with Crippen LogP contribution in [0.3, 0.4) is 0 Å². The molecule has 1 aliphatic rings. The van der Waals surface area contributed by atoms with Crippen LogP contribution in [0, 0.1) is 5.41 Å². The Labute approximate surface area is 88.6 Å². The zero-order valence-electron chi connectivity index (χ0n) is 10.3. The number of allylic oxidation sites excluding steroid dienone is 2. The fourth-order valence-corrected chi connectivity index (χ4v) is 1.67. The van der Waals surface area contributed by atoms with Gasteiger partial charge in [0.1, 0.15) is 0 Å². The van der Waals surface area contributed by atoms with Gasteiger partial charge >= 0.3 is 0 Å². The largest absolute Gasteiger partial charge is 0.295 e. The van der Waals surface area contributed by atoms with E-state index in [4.69, 9.17) is 0 Å². The smallest absolute Gasteiger partial charge is 0.156 e. The van der Waals surface area contributed by atoms with Gasteiger partial charge in [0.2, 0.25) is 0 Å². The number of unbranched alkanes of at least 4 members (excludes halogenated alkanes) is 1. The minimum atomic E-state index is 0.204. The maximum atomic E-state index is 11.0. The Morgan fingerprint density at radius 2 is 1.71 bits per heavy atom. The summed E-state index contributed by atoms with van der Waals surface area (Å²) in [7, 11) is 0.